The van der Waals surface area contributed by atoms with Crippen molar-refractivity contribution in [2.24, 2.45) is 0 Å². The summed E-state index contributed by atoms with van der Waals surface area (Å²) in [6.45, 7) is 4.99. The number of hydrogen-bond acceptors (Lipinski definition) is 6. The van der Waals surface area contributed by atoms with Crippen LogP contribution in [0.2, 0.25) is 0 Å². The molecule has 1 aromatic heterocycles. The summed E-state index contributed by atoms with van der Waals surface area (Å²) in [5.74, 6) is 0.245. The predicted molar refractivity (Wildman–Crippen MR) is 96.5 cm³/mol. The van der Waals surface area contributed by atoms with Crippen LogP contribution < -0.4 is 15.4 Å². The predicted octanol–water partition coefficient (Wildman–Crippen LogP) is 1.28. The number of ether oxygens (including phenoxy) is 2. The Morgan fingerprint density at radius 1 is 1.19 bits per heavy atom. The highest BCUT2D eigenvalue weighted by Gasteiger charge is 2.19. The highest BCUT2D eigenvalue weighted by Crippen LogP contribution is 2.19. The third kappa shape index (κ3) is 5.06. The maximum atomic E-state index is 12.2. The van der Waals surface area contributed by atoms with E-state index in [-0.39, 0.29) is 5.91 Å². The summed E-state index contributed by atoms with van der Waals surface area (Å²) in [6, 6.07) is 7.38. The lowest BCUT2D eigenvalue weighted by molar-refractivity contribution is -0.118. The molecule has 2 aromatic rings. The van der Waals surface area contributed by atoms with Crippen molar-refractivity contribution in [3.05, 3.63) is 41.7 Å². The van der Waals surface area contributed by atoms with Gasteiger partial charge in [-0.3, -0.25) is 4.79 Å². The molecule has 0 saturated heterocycles. The Bertz CT molecular complexity index is 740. The number of rotatable bonds is 9. The number of amides is 1. The number of esters is 1. The first-order valence-corrected chi connectivity index (χ1v) is 8.40. The maximum Gasteiger partial charge on any atom is 0.341 e. The number of benzene rings is 1. The molecular formula is C18H24N4O4. The van der Waals surface area contributed by atoms with E-state index in [1.165, 1.54) is 13.1 Å². The number of carbonyl (C=O) groups is 2. The Kier molecular flexibility index (Phi) is 7.16. The molecule has 140 valence electrons. The van der Waals surface area contributed by atoms with Crippen molar-refractivity contribution in [3.8, 4) is 11.4 Å². The Balaban J connectivity index is 2.20. The molecule has 2 N–H and O–H groups in total. The number of methoxy groups -OCH3 is 1. The van der Waals surface area contributed by atoms with Gasteiger partial charge in [-0.2, -0.15) is 5.10 Å². The first kappa shape index (κ1) is 19.5. The van der Waals surface area contributed by atoms with Gasteiger partial charge in [0.1, 0.15) is 11.3 Å². The minimum atomic E-state index is -0.411. The largest absolute Gasteiger partial charge is 0.497 e. The van der Waals surface area contributed by atoms with Crippen molar-refractivity contribution >= 4 is 11.9 Å². The van der Waals surface area contributed by atoms with Crippen molar-refractivity contribution in [1.82, 2.24) is 20.4 Å². The van der Waals surface area contributed by atoms with Crippen LogP contribution in [0.1, 0.15) is 29.9 Å². The lowest BCUT2D eigenvalue weighted by Crippen LogP contribution is -2.30. The monoisotopic (exact) mass is 360 g/mol. The van der Waals surface area contributed by atoms with E-state index in [2.05, 4.69) is 15.7 Å². The van der Waals surface area contributed by atoms with Gasteiger partial charge in [-0.1, -0.05) is 0 Å². The Morgan fingerprint density at radius 2 is 1.92 bits per heavy atom. The zero-order valence-corrected chi connectivity index (χ0v) is 15.2. The van der Waals surface area contributed by atoms with Crippen molar-refractivity contribution in [1.29, 1.82) is 0 Å². The van der Waals surface area contributed by atoms with Gasteiger partial charge in [0.15, 0.2) is 0 Å². The molecular weight excluding hydrogens is 336 g/mol. The fourth-order valence-corrected chi connectivity index (χ4v) is 2.40. The molecule has 1 aromatic carbocycles. The van der Waals surface area contributed by atoms with E-state index in [1.54, 1.807) is 18.7 Å². The normalized spacial score (nSPS) is 10.4. The van der Waals surface area contributed by atoms with Crippen LogP contribution in [-0.2, 0) is 16.1 Å². The molecule has 0 aliphatic carbocycles. The summed E-state index contributed by atoms with van der Waals surface area (Å²) >= 11 is 0. The summed E-state index contributed by atoms with van der Waals surface area (Å²) in [7, 11) is 1.60. The molecule has 0 saturated carbocycles. The lowest BCUT2D eigenvalue weighted by atomic mass is 10.2. The van der Waals surface area contributed by atoms with E-state index in [4.69, 9.17) is 9.47 Å². The molecule has 1 heterocycles. The molecule has 0 unspecified atom stereocenters. The maximum absolute atomic E-state index is 12.2. The first-order valence-electron chi connectivity index (χ1n) is 8.40. The quantitative estimate of drug-likeness (QED) is 0.517. The van der Waals surface area contributed by atoms with Gasteiger partial charge in [-0.05, 0) is 31.2 Å². The van der Waals surface area contributed by atoms with Crippen LogP contribution in [0.5, 0.6) is 5.75 Å². The molecule has 2 rings (SSSR count). The molecule has 0 atom stereocenters. The number of hydrogen-bond donors (Lipinski definition) is 2. The Hall–Kier alpha value is -2.87. The highest BCUT2D eigenvalue weighted by molar-refractivity contribution is 5.90. The SMILES string of the molecule is CCOC(=O)c1cnn(-c2ccc(OC)cc2)c1CNCCNC(C)=O. The fourth-order valence-electron chi connectivity index (χ4n) is 2.40. The number of carbonyl (C=O) groups excluding carboxylic acids is 2. The molecule has 26 heavy (non-hydrogen) atoms. The Morgan fingerprint density at radius 3 is 2.54 bits per heavy atom. The van der Waals surface area contributed by atoms with Crippen LogP contribution in [0, 0.1) is 0 Å². The molecule has 1 amide bonds. The molecule has 0 radical (unpaired) electrons. The van der Waals surface area contributed by atoms with Gasteiger partial charge >= 0.3 is 5.97 Å². The second kappa shape index (κ2) is 9.57. The van der Waals surface area contributed by atoms with Gasteiger partial charge in [0.2, 0.25) is 5.91 Å². The first-order chi connectivity index (χ1) is 12.6. The van der Waals surface area contributed by atoms with Crippen molar-refractivity contribution in [2.45, 2.75) is 20.4 Å². The summed E-state index contributed by atoms with van der Waals surface area (Å²) in [5, 5.41) is 10.3. The van der Waals surface area contributed by atoms with Gasteiger partial charge in [0.05, 0.1) is 31.3 Å². The van der Waals surface area contributed by atoms with Gasteiger partial charge in [0, 0.05) is 26.6 Å². The molecule has 0 bridgehead atoms. The smallest absolute Gasteiger partial charge is 0.341 e. The Labute approximate surface area is 152 Å². The minimum absolute atomic E-state index is 0.0812. The molecule has 0 fully saturated rings. The third-order valence-electron chi connectivity index (χ3n) is 3.65. The molecule has 0 aliphatic rings. The molecule has 8 nitrogen and oxygen atoms in total. The number of nitrogens with zero attached hydrogens (tertiary/aromatic N) is 2. The van der Waals surface area contributed by atoms with E-state index in [9.17, 15) is 9.59 Å². The van der Waals surface area contributed by atoms with Crippen LogP contribution in [-0.4, -0.2) is 48.5 Å². The van der Waals surface area contributed by atoms with E-state index in [1.807, 2.05) is 24.3 Å². The minimum Gasteiger partial charge on any atom is -0.497 e. The van der Waals surface area contributed by atoms with Crippen molar-refractivity contribution in [2.75, 3.05) is 26.8 Å². The van der Waals surface area contributed by atoms with E-state index >= 15 is 0 Å². The van der Waals surface area contributed by atoms with Gasteiger partial charge in [0.25, 0.3) is 0 Å². The van der Waals surface area contributed by atoms with Gasteiger partial charge in [-0.25, -0.2) is 9.48 Å². The number of nitrogens with one attached hydrogen (secondary N) is 2. The zero-order chi connectivity index (χ0) is 18.9. The van der Waals surface area contributed by atoms with Gasteiger partial charge < -0.3 is 20.1 Å². The fraction of sp³-hybridized carbons (Fsp3) is 0.389. The molecule has 0 spiro atoms. The average molecular weight is 360 g/mol. The average Bonchev–Trinajstić information content (AvgIpc) is 3.05. The lowest BCUT2D eigenvalue weighted by Gasteiger charge is -2.11. The molecule has 8 heteroatoms. The standard InChI is InChI=1S/C18H24N4O4/c1-4-26-18(24)16-11-21-22(14-5-7-15(25-3)8-6-14)17(16)12-19-9-10-20-13(2)23/h5-8,11,19H,4,9-10,12H2,1-3H3,(H,20,23). The van der Waals surface area contributed by atoms with Crippen LogP contribution in [0.25, 0.3) is 5.69 Å². The summed E-state index contributed by atoms with van der Waals surface area (Å²) in [4.78, 5) is 23.1. The molecule has 0 aliphatic heterocycles. The highest BCUT2D eigenvalue weighted by atomic mass is 16.5. The third-order valence-corrected chi connectivity index (χ3v) is 3.65. The van der Waals surface area contributed by atoms with Crippen LogP contribution in [0.3, 0.4) is 0 Å². The summed E-state index contributed by atoms with van der Waals surface area (Å²) < 4.78 is 12.0. The summed E-state index contributed by atoms with van der Waals surface area (Å²) in [5.41, 5.74) is 1.91. The summed E-state index contributed by atoms with van der Waals surface area (Å²) in [6.07, 6.45) is 1.51. The van der Waals surface area contributed by atoms with Crippen molar-refractivity contribution in [3.63, 3.8) is 0 Å². The van der Waals surface area contributed by atoms with E-state index in [0.717, 1.165) is 11.4 Å². The zero-order valence-electron chi connectivity index (χ0n) is 15.2. The van der Waals surface area contributed by atoms with Crippen molar-refractivity contribution < 1.29 is 19.1 Å². The number of aromatic nitrogens is 2. The second-order valence-corrected chi connectivity index (χ2v) is 5.49. The van der Waals surface area contributed by atoms with E-state index < -0.39 is 5.97 Å². The topological polar surface area (TPSA) is 94.5 Å². The van der Waals surface area contributed by atoms with Gasteiger partial charge in [-0.15, -0.1) is 0 Å². The van der Waals surface area contributed by atoms with Crippen LogP contribution >= 0.6 is 0 Å². The second-order valence-electron chi connectivity index (χ2n) is 5.49. The van der Waals surface area contributed by atoms with Crippen LogP contribution in [0.15, 0.2) is 30.5 Å². The van der Waals surface area contributed by atoms with E-state index in [0.29, 0.717) is 37.5 Å². The van der Waals surface area contributed by atoms with Crippen LogP contribution in [0.4, 0.5) is 0 Å².